The number of H-pyrrole nitrogens is 1. The molecule has 0 bridgehead atoms. The fourth-order valence-corrected chi connectivity index (χ4v) is 1.57. The molecule has 0 unspecified atom stereocenters. The predicted molar refractivity (Wildman–Crippen MR) is 52.8 cm³/mol. The average molecular weight is 204 g/mol. The zero-order valence-corrected chi connectivity index (χ0v) is 7.94. The third kappa shape index (κ3) is 1.38. The molecule has 0 radical (unpaired) electrons. The van der Waals surface area contributed by atoms with E-state index in [0.29, 0.717) is 16.6 Å². The topological polar surface area (TPSA) is 83.0 Å². The van der Waals surface area contributed by atoms with Crippen LogP contribution in [0.2, 0.25) is 0 Å². The molecule has 0 amide bonds. The van der Waals surface area contributed by atoms with Crippen LogP contribution < -0.4 is 0 Å². The highest BCUT2D eigenvalue weighted by Gasteiger charge is 2.21. The zero-order valence-electron chi connectivity index (χ0n) is 7.94. The summed E-state index contributed by atoms with van der Waals surface area (Å²) in [4.78, 5) is 28.8. The Kier molecular flexibility index (Phi) is 2.00. The number of nitrogens with one attached hydrogen (secondary N) is 1. The van der Waals surface area contributed by atoms with E-state index in [1.807, 2.05) is 0 Å². The maximum Gasteiger partial charge on any atom is 0.377 e. The van der Waals surface area contributed by atoms with Crippen molar-refractivity contribution in [2.45, 2.75) is 6.92 Å². The van der Waals surface area contributed by atoms with Gasteiger partial charge in [-0.1, -0.05) is 0 Å². The van der Waals surface area contributed by atoms with Crippen LogP contribution in [0, 0.1) is 6.92 Å². The van der Waals surface area contributed by atoms with Crippen LogP contribution >= 0.6 is 0 Å². The number of aromatic amines is 1. The van der Waals surface area contributed by atoms with E-state index >= 15 is 0 Å². The Morgan fingerprint density at radius 3 is 2.87 bits per heavy atom. The lowest BCUT2D eigenvalue weighted by molar-refractivity contribution is -0.131. The second kappa shape index (κ2) is 3.20. The van der Waals surface area contributed by atoms with Crippen LogP contribution in [0.4, 0.5) is 0 Å². The van der Waals surface area contributed by atoms with Gasteiger partial charge in [0.25, 0.3) is 5.78 Å². The molecule has 0 aliphatic carbocycles. The highest BCUT2D eigenvalue weighted by Crippen LogP contribution is 2.21. The van der Waals surface area contributed by atoms with E-state index in [1.165, 1.54) is 6.20 Å². The fraction of sp³-hybridized carbons (Fsp3) is 0.100. The lowest BCUT2D eigenvalue weighted by atomic mass is 10.1. The van der Waals surface area contributed by atoms with Crippen molar-refractivity contribution in [1.82, 2.24) is 9.97 Å². The summed E-state index contributed by atoms with van der Waals surface area (Å²) in [5, 5.41) is 9.20. The van der Waals surface area contributed by atoms with E-state index in [1.54, 1.807) is 19.2 Å². The number of aromatic nitrogens is 2. The standard InChI is InChI=1S/C10H8N2O3/c1-5-8(9(13)10(14)15)6-4-11-3-2-7(6)12-5/h2-4,12H,1H3,(H,14,15). The zero-order chi connectivity index (χ0) is 11.0. The minimum absolute atomic E-state index is 0.186. The minimum Gasteiger partial charge on any atom is -0.475 e. The highest BCUT2D eigenvalue weighted by molar-refractivity contribution is 6.42. The first-order valence-corrected chi connectivity index (χ1v) is 4.31. The molecule has 2 N–H and O–H groups in total. The summed E-state index contributed by atoms with van der Waals surface area (Å²) < 4.78 is 0. The molecule has 0 saturated heterocycles. The first-order chi connectivity index (χ1) is 7.11. The molecule has 0 saturated carbocycles. The monoisotopic (exact) mass is 204 g/mol. The number of carboxylic acids is 1. The van der Waals surface area contributed by atoms with Crippen LogP contribution in [0.1, 0.15) is 16.1 Å². The smallest absolute Gasteiger partial charge is 0.377 e. The van der Waals surface area contributed by atoms with E-state index in [2.05, 4.69) is 9.97 Å². The number of carbonyl (C=O) groups excluding carboxylic acids is 1. The second-order valence-corrected chi connectivity index (χ2v) is 3.18. The summed E-state index contributed by atoms with van der Waals surface area (Å²) in [6, 6.07) is 1.70. The van der Waals surface area contributed by atoms with Crippen LogP contribution in [0.25, 0.3) is 10.9 Å². The molecule has 2 rings (SSSR count). The van der Waals surface area contributed by atoms with E-state index in [0.717, 1.165) is 0 Å². The van der Waals surface area contributed by atoms with Gasteiger partial charge >= 0.3 is 5.97 Å². The van der Waals surface area contributed by atoms with Crippen molar-refractivity contribution in [3.63, 3.8) is 0 Å². The van der Waals surface area contributed by atoms with E-state index in [9.17, 15) is 9.59 Å². The van der Waals surface area contributed by atoms with Crippen molar-refractivity contribution in [2.24, 2.45) is 0 Å². The van der Waals surface area contributed by atoms with Gasteiger partial charge in [-0.2, -0.15) is 0 Å². The molecule has 2 aromatic rings. The van der Waals surface area contributed by atoms with Gasteiger partial charge in [-0.15, -0.1) is 0 Å². The van der Waals surface area contributed by atoms with Crippen molar-refractivity contribution >= 4 is 22.7 Å². The Bertz CT molecular complexity index is 557. The lowest BCUT2D eigenvalue weighted by Gasteiger charge is -1.94. The number of hydrogen-bond acceptors (Lipinski definition) is 3. The Balaban J connectivity index is 2.74. The first kappa shape index (κ1) is 9.39. The van der Waals surface area contributed by atoms with Gasteiger partial charge in [0, 0.05) is 29.0 Å². The van der Waals surface area contributed by atoms with Gasteiger partial charge in [-0.3, -0.25) is 9.78 Å². The van der Waals surface area contributed by atoms with Crippen molar-refractivity contribution < 1.29 is 14.7 Å². The molecule has 15 heavy (non-hydrogen) atoms. The van der Waals surface area contributed by atoms with Crippen molar-refractivity contribution in [3.05, 3.63) is 29.7 Å². The fourth-order valence-electron chi connectivity index (χ4n) is 1.57. The normalized spacial score (nSPS) is 10.5. The molecular formula is C10H8N2O3. The van der Waals surface area contributed by atoms with Gasteiger partial charge in [0.05, 0.1) is 5.56 Å². The molecule has 0 fully saturated rings. The van der Waals surface area contributed by atoms with Crippen LogP contribution in [0.15, 0.2) is 18.5 Å². The summed E-state index contributed by atoms with van der Waals surface area (Å²) >= 11 is 0. The molecule has 2 heterocycles. The number of fused-ring (bicyclic) bond motifs is 1. The first-order valence-electron chi connectivity index (χ1n) is 4.31. The molecular weight excluding hydrogens is 196 g/mol. The number of pyridine rings is 1. The van der Waals surface area contributed by atoms with Gasteiger partial charge in [0.2, 0.25) is 0 Å². The third-order valence-electron chi connectivity index (χ3n) is 2.21. The number of nitrogens with zero attached hydrogens (tertiary/aromatic N) is 1. The number of carbonyl (C=O) groups is 2. The Hall–Kier alpha value is -2.17. The number of Topliss-reactive ketones (excluding diaryl/α,β-unsaturated/α-hetero) is 1. The molecule has 0 aliphatic rings. The van der Waals surface area contributed by atoms with E-state index < -0.39 is 11.8 Å². The number of hydrogen-bond donors (Lipinski definition) is 2. The van der Waals surface area contributed by atoms with Gasteiger partial charge in [-0.25, -0.2) is 4.79 Å². The van der Waals surface area contributed by atoms with Crippen molar-refractivity contribution in [3.8, 4) is 0 Å². The highest BCUT2D eigenvalue weighted by atomic mass is 16.4. The van der Waals surface area contributed by atoms with Crippen LogP contribution in [0.5, 0.6) is 0 Å². The second-order valence-electron chi connectivity index (χ2n) is 3.18. The summed E-state index contributed by atoms with van der Waals surface area (Å²) in [5.74, 6) is -2.37. The van der Waals surface area contributed by atoms with E-state index in [-0.39, 0.29) is 5.56 Å². The predicted octanol–water partition coefficient (Wildman–Crippen LogP) is 1.14. The number of rotatable bonds is 2. The molecule has 5 heteroatoms. The SMILES string of the molecule is Cc1[nH]c2ccncc2c1C(=O)C(=O)O. The molecule has 76 valence electrons. The number of aryl methyl sites for hydroxylation is 1. The maximum absolute atomic E-state index is 11.4. The van der Waals surface area contributed by atoms with Crippen LogP contribution in [-0.4, -0.2) is 26.8 Å². The third-order valence-corrected chi connectivity index (χ3v) is 2.21. The van der Waals surface area contributed by atoms with Crippen molar-refractivity contribution in [2.75, 3.05) is 0 Å². The number of carboxylic acid groups (broad SMARTS) is 1. The summed E-state index contributed by atoms with van der Waals surface area (Å²) in [5.41, 5.74) is 1.45. The molecule has 2 aromatic heterocycles. The molecule has 0 spiro atoms. The Morgan fingerprint density at radius 2 is 2.20 bits per heavy atom. The average Bonchev–Trinajstić information content (AvgIpc) is 2.52. The number of aliphatic carboxylic acids is 1. The van der Waals surface area contributed by atoms with Gasteiger partial charge in [0.1, 0.15) is 0 Å². The molecule has 0 atom stereocenters. The summed E-state index contributed by atoms with van der Waals surface area (Å²) in [7, 11) is 0. The minimum atomic E-state index is -1.46. The Morgan fingerprint density at radius 1 is 1.47 bits per heavy atom. The Labute approximate surface area is 84.8 Å². The van der Waals surface area contributed by atoms with Gasteiger partial charge in [0.15, 0.2) is 0 Å². The summed E-state index contributed by atoms with van der Waals surface area (Å²) in [6.07, 6.45) is 3.06. The molecule has 5 nitrogen and oxygen atoms in total. The van der Waals surface area contributed by atoms with Gasteiger partial charge < -0.3 is 10.1 Å². The lowest BCUT2D eigenvalue weighted by Crippen LogP contribution is -2.13. The van der Waals surface area contributed by atoms with E-state index in [4.69, 9.17) is 5.11 Å². The number of ketones is 1. The molecule has 0 aliphatic heterocycles. The largest absolute Gasteiger partial charge is 0.475 e. The van der Waals surface area contributed by atoms with Crippen LogP contribution in [-0.2, 0) is 4.79 Å². The maximum atomic E-state index is 11.4. The molecule has 0 aromatic carbocycles. The van der Waals surface area contributed by atoms with Crippen molar-refractivity contribution in [1.29, 1.82) is 0 Å². The van der Waals surface area contributed by atoms with Crippen LogP contribution in [0.3, 0.4) is 0 Å². The van der Waals surface area contributed by atoms with Gasteiger partial charge in [-0.05, 0) is 13.0 Å². The summed E-state index contributed by atoms with van der Waals surface area (Å²) in [6.45, 7) is 1.66. The quantitative estimate of drug-likeness (QED) is 0.567.